The molecule has 0 atom stereocenters. The molecule has 1 aromatic heterocycles. The zero-order valence-corrected chi connectivity index (χ0v) is 21.1. The van der Waals surface area contributed by atoms with Crippen LogP contribution >= 0.6 is 27.5 Å². The van der Waals surface area contributed by atoms with Crippen molar-refractivity contribution in [2.45, 2.75) is 26.4 Å². The van der Waals surface area contributed by atoms with E-state index in [2.05, 4.69) is 20.9 Å². The summed E-state index contributed by atoms with van der Waals surface area (Å²) in [5.41, 5.74) is 2.30. The first-order valence-electron chi connectivity index (χ1n) is 10.4. The maximum atomic E-state index is 13.2. The predicted molar refractivity (Wildman–Crippen MR) is 136 cm³/mol. The van der Waals surface area contributed by atoms with Crippen LogP contribution in [0.25, 0.3) is 10.9 Å². The van der Waals surface area contributed by atoms with E-state index < -0.39 is 23.5 Å². The summed E-state index contributed by atoms with van der Waals surface area (Å²) in [4.78, 5) is 46.5. The summed E-state index contributed by atoms with van der Waals surface area (Å²) < 4.78 is 6.16. The summed E-state index contributed by atoms with van der Waals surface area (Å²) in [6, 6.07) is 11.8. The number of pyridine rings is 1. The maximum absolute atomic E-state index is 13.2. The van der Waals surface area contributed by atoms with Crippen molar-refractivity contribution in [2.24, 2.45) is 0 Å². The lowest BCUT2D eigenvalue weighted by Gasteiger charge is -2.29. The summed E-state index contributed by atoms with van der Waals surface area (Å²) >= 11 is 9.34. The number of carbonyl (C=O) groups excluding carboxylic acids is 3. The first-order valence-corrected chi connectivity index (χ1v) is 11.7. The van der Waals surface area contributed by atoms with Crippen molar-refractivity contribution >= 4 is 67.7 Å². The Kier molecular flexibility index (Phi) is 6.47. The van der Waals surface area contributed by atoms with Crippen molar-refractivity contribution < 1.29 is 19.1 Å². The van der Waals surface area contributed by atoms with Crippen LogP contribution in [-0.2, 0) is 4.74 Å². The summed E-state index contributed by atoms with van der Waals surface area (Å²) in [5, 5.41) is 0.620. The molecule has 0 radical (unpaired) electrons. The monoisotopic (exact) mass is 541 g/mol. The standard InChI is InChI=1S/C25H21BrClN3O4/c1-25(2,3)34-24(33)29(13-7-11-27)18-14-19(21-17(20(18)26)10-6-12-28-21)30-22(31)15-8-4-5-9-16(15)23(30)32/h4-12,14H,13H2,1-3H3/b11-7+. The Bertz CT molecular complexity index is 1310. The van der Waals surface area contributed by atoms with E-state index in [0.717, 1.165) is 4.90 Å². The van der Waals surface area contributed by atoms with Crippen LogP contribution in [0.2, 0.25) is 0 Å². The van der Waals surface area contributed by atoms with Gasteiger partial charge in [-0.05, 0) is 67.0 Å². The SMILES string of the molecule is CC(C)(C)OC(=O)N(C/C=C/Cl)c1cc(N2C(=O)c3ccccc3C2=O)c2ncccc2c1Br. The number of rotatable bonds is 4. The quantitative estimate of drug-likeness (QED) is 0.362. The van der Waals surface area contributed by atoms with E-state index in [0.29, 0.717) is 32.2 Å². The molecule has 174 valence electrons. The molecule has 4 rings (SSSR count). The summed E-state index contributed by atoms with van der Waals surface area (Å²) in [6.45, 7) is 5.41. The average molecular weight is 543 g/mol. The Morgan fingerprint density at radius 3 is 2.38 bits per heavy atom. The van der Waals surface area contributed by atoms with Gasteiger partial charge in [0.15, 0.2) is 0 Å². The second-order valence-corrected chi connectivity index (χ2v) is 9.62. The van der Waals surface area contributed by atoms with Gasteiger partial charge in [0.05, 0.1) is 32.5 Å². The molecule has 34 heavy (non-hydrogen) atoms. The van der Waals surface area contributed by atoms with Crippen LogP contribution < -0.4 is 9.80 Å². The van der Waals surface area contributed by atoms with Crippen LogP contribution in [0.1, 0.15) is 41.5 Å². The highest BCUT2D eigenvalue weighted by Crippen LogP contribution is 2.42. The number of anilines is 2. The number of hydrogen-bond acceptors (Lipinski definition) is 5. The first-order chi connectivity index (χ1) is 16.1. The molecule has 0 bridgehead atoms. The highest BCUT2D eigenvalue weighted by Gasteiger charge is 2.38. The number of ether oxygens (including phenoxy) is 1. The molecule has 0 spiro atoms. The molecule has 0 fully saturated rings. The van der Waals surface area contributed by atoms with Gasteiger partial charge in [-0.2, -0.15) is 0 Å². The van der Waals surface area contributed by atoms with Crippen LogP contribution in [0, 0.1) is 0 Å². The number of carbonyl (C=O) groups is 3. The van der Waals surface area contributed by atoms with Gasteiger partial charge in [0.2, 0.25) is 0 Å². The third kappa shape index (κ3) is 4.31. The number of hydrogen-bond donors (Lipinski definition) is 0. The molecule has 0 aliphatic carbocycles. The molecule has 9 heteroatoms. The molecule has 1 aliphatic heterocycles. The van der Waals surface area contributed by atoms with Crippen molar-refractivity contribution in [1.82, 2.24) is 4.98 Å². The van der Waals surface area contributed by atoms with E-state index in [1.54, 1.807) is 75.5 Å². The highest BCUT2D eigenvalue weighted by molar-refractivity contribution is 9.10. The number of halogens is 2. The minimum atomic E-state index is -0.740. The molecule has 0 saturated heterocycles. The van der Waals surface area contributed by atoms with Gasteiger partial charge in [0.1, 0.15) is 5.60 Å². The smallest absolute Gasteiger partial charge is 0.415 e. The summed E-state index contributed by atoms with van der Waals surface area (Å²) in [7, 11) is 0. The molecule has 3 aromatic rings. The highest BCUT2D eigenvalue weighted by atomic mass is 79.9. The Morgan fingerprint density at radius 2 is 1.79 bits per heavy atom. The lowest BCUT2D eigenvalue weighted by atomic mass is 10.1. The molecule has 3 amide bonds. The molecular formula is C25H21BrClN3O4. The number of aromatic nitrogens is 1. The fraction of sp³-hybridized carbons (Fsp3) is 0.200. The molecule has 2 aromatic carbocycles. The van der Waals surface area contributed by atoms with E-state index in [1.165, 1.54) is 10.4 Å². The number of benzene rings is 2. The van der Waals surface area contributed by atoms with Crippen molar-refractivity contribution in [3.63, 3.8) is 0 Å². The van der Waals surface area contributed by atoms with Crippen LogP contribution in [0.15, 0.2) is 64.7 Å². The van der Waals surface area contributed by atoms with Crippen LogP contribution in [0.4, 0.5) is 16.2 Å². The molecule has 0 saturated carbocycles. The van der Waals surface area contributed by atoms with Gasteiger partial charge in [-0.25, -0.2) is 9.69 Å². The van der Waals surface area contributed by atoms with Crippen LogP contribution in [0.3, 0.4) is 0 Å². The van der Waals surface area contributed by atoms with Crippen molar-refractivity contribution in [3.8, 4) is 0 Å². The number of nitrogens with zero attached hydrogens (tertiary/aromatic N) is 3. The second kappa shape index (κ2) is 9.19. The number of imide groups is 1. The molecular weight excluding hydrogens is 522 g/mol. The first kappa shape index (κ1) is 23.9. The molecule has 7 nitrogen and oxygen atoms in total. The Hall–Kier alpha value is -3.23. The van der Waals surface area contributed by atoms with Gasteiger partial charge in [0.25, 0.3) is 11.8 Å². The van der Waals surface area contributed by atoms with E-state index in [4.69, 9.17) is 16.3 Å². The molecule has 1 aliphatic rings. The van der Waals surface area contributed by atoms with Crippen molar-refractivity contribution in [3.05, 3.63) is 75.9 Å². The second-order valence-electron chi connectivity index (χ2n) is 8.57. The predicted octanol–water partition coefficient (Wildman–Crippen LogP) is 6.29. The zero-order chi connectivity index (χ0) is 24.6. The van der Waals surface area contributed by atoms with E-state index >= 15 is 0 Å². The van der Waals surface area contributed by atoms with Gasteiger partial charge in [-0.1, -0.05) is 29.8 Å². The lowest BCUT2D eigenvalue weighted by molar-refractivity contribution is 0.0584. The van der Waals surface area contributed by atoms with Gasteiger partial charge in [0, 0.05) is 23.7 Å². The van der Waals surface area contributed by atoms with Gasteiger partial charge in [-0.15, -0.1) is 0 Å². The summed E-state index contributed by atoms with van der Waals surface area (Å²) in [6.07, 6.45) is 2.56. The average Bonchev–Trinajstić information content (AvgIpc) is 3.05. The Balaban J connectivity index is 1.93. The third-order valence-electron chi connectivity index (χ3n) is 5.10. The number of amides is 3. The minimum absolute atomic E-state index is 0.102. The molecule has 0 unspecified atom stereocenters. The minimum Gasteiger partial charge on any atom is -0.443 e. The lowest BCUT2D eigenvalue weighted by Crippen LogP contribution is -2.37. The van der Waals surface area contributed by atoms with Crippen molar-refractivity contribution in [1.29, 1.82) is 0 Å². The summed E-state index contributed by atoms with van der Waals surface area (Å²) in [5.74, 6) is -0.907. The van der Waals surface area contributed by atoms with E-state index in [9.17, 15) is 14.4 Å². The topological polar surface area (TPSA) is 79.8 Å². The van der Waals surface area contributed by atoms with Crippen LogP contribution in [-0.4, -0.2) is 35.0 Å². The fourth-order valence-electron chi connectivity index (χ4n) is 3.69. The van der Waals surface area contributed by atoms with Gasteiger partial charge in [-0.3, -0.25) is 19.5 Å². The van der Waals surface area contributed by atoms with E-state index in [-0.39, 0.29) is 12.2 Å². The van der Waals surface area contributed by atoms with Crippen molar-refractivity contribution in [2.75, 3.05) is 16.3 Å². The van der Waals surface area contributed by atoms with Gasteiger partial charge < -0.3 is 4.74 Å². The molecule has 0 N–H and O–H groups in total. The maximum Gasteiger partial charge on any atom is 0.415 e. The Labute approximate surface area is 210 Å². The largest absolute Gasteiger partial charge is 0.443 e. The third-order valence-corrected chi connectivity index (χ3v) is 6.11. The van der Waals surface area contributed by atoms with Gasteiger partial charge >= 0.3 is 6.09 Å². The fourth-order valence-corrected chi connectivity index (χ4v) is 4.42. The Morgan fingerprint density at radius 1 is 1.15 bits per heavy atom. The zero-order valence-electron chi connectivity index (χ0n) is 18.7. The van der Waals surface area contributed by atoms with Crippen LogP contribution in [0.5, 0.6) is 0 Å². The van der Waals surface area contributed by atoms with E-state index in [1.807, 2.05) is 0 Å². The number of fused-ring (bicyclic) bond motifs is 2. The molecule has 2 heterocycles. The normalized spacial score (nSPS) is 13.6.